The predicted molar refractivity (Wildman–Crippen MR) is 120 cm³/mol. The molecule has 1 fully saturated rings. The zero-order valence-electron chi connectivity index (χ0n) is 16.5. The van der Waals surface area contributed by atoms with E-state index in [4.69, 9.17) is 9.72 Å². The Bertz CT molecular complexity index is 1180. The molecule has 0 unspecified atom stereocenters. The smallest absolute Gasteiger partial charge is 0.230 e. The Morgan fingerprint density at radius 3 is 2.70 bits per heavy atom. The number of thioether (sulfide) groups is 1. The van der Waals surface area contributed by atoms with Crippen molar-refractivity contribution in [2.45, 2.75) is 17.5 Å². The maximum atomic E-state index is 12.3. The molecule has 1 atom stereocenters. The Labute approximate surface area is 180 Å². The quantitative estimate of drug-likeness (QED) is 0.590. The molecule has 30 heavy (non-hydrogen) atoms. The number of pyridine rings is 1. The fourth-order valence-corrected chi connectivity index (χ4v) is 5.96. The van der Waals surface area contributed by atoms with Gasteiger partial charge >= 0.3 is 0 Å². The molecule has 1 saturated heterocycles. The van der Waals surface area contributed by atoms with Gasteiger partial charge in [0.25, 0.3) is 0 Å². The molecule has 0 radical (unpaired) electrons. The van der Waals surface area contributed by atoms with Gasteiger partial charge in [-0.2, -0.15) is 0 Å². The molecule has 4 rings (SSSR count). The maximum Gasteiger partial charge on any atom is 0.230 e. The van der Waals surface area contributed by atoms with Crippen LogP contribution in [0.25, 0.3) is 22.0 Å². The predicted octanol–water partition coefficient (Wildman–Crippen LogP) is 3.31. The van der Waals surface area contributed by atoms with Crippen LogP contribution in [0.15, 0.2) is 59.6 Å². The summed E-state index contributed by atoms with van der Waals surface area (Å²) in [6.45, 7) is 0. The van der Waals surface area contributed by atoms with Gasteiger partial charge in [-0.25, -0.2) is 13.4 Å². The SMILES string of the molecule is COc1ccc2c(-c3ccccc3)cc(SCC(=O)N[C@@H]3CCS(=O)(=O)C3)nc2c1. The molecule has 1 aliphatic rings. The number of carbonyl (C=O) groups is 1. The molecule has 156 valence electrons. The van der Waals surface area contributed by atoms with E-state index in [2.05, 4.69) is 5.32 Å². The van der Waals surface area contributed by atoms with Crippen molar-refractivity contribution in [1.82, 2.24) is 10.3 Å². The lowest BCUT2D eigenvalue weighted by atomic mass is 10.0. The number of nitrogens with one attached hydrogen (secondary N) is 1. The van der Waals surface area contributed by atoms with E-state index in [1.54, 1.807) is 7.11 Å². The molecule has 1 aromatic heterocycles. The first-order valence-electron chi connectivity index (χ1n) is 9.60. The van der Waals surface area contributed by atoms with Gasteiger partial charge in [0.2, 0.25) is 5.91 Å². The standard InChI is InChI=1S/C22H22N2O4S2/c1-28-17-7-8-18-19(15-5-3-2-4-6-15)12-22(24-20(18)11-17)29-13-21(25)23-16-9-10-30(26,27)14-16/h2-8,11-12,16H,9-10,13-14H2,1H3,(H,23,25)/t16-/m1/s1. The van der Waals surface area contributed by atoms with E-state index >= 15 is 0 Å². The maximum absolute atomic E-state index is 12.3. The first-order chi connectivity index (χ1) is 14.4. The van der Waals surface area contributed by atoms with Gasteiger partial charge in [-0.05, 0) is 35.7 Å². The minimum atomic E-state index is -3.02. The summed E-state index contributed by atoms with van der Waals surface area (Å²) in [6, 6.07) is 17.5. The Morgan fingerprint density at radius 2 is 2.00 bits per heavy atom. The third kappa shape index (κ3) is 4.76. The largest absolute Gasteiger partial charge is 0.497 e. The fourth-order valence-electron chi connectivity index (χ4n) is 3.56. The third-order valence-electron chi connectivity index (χ3n) is 5.03. The summed E-state index contributed by atoms with van der Waals surface area (Å²) < 4.78 is 28.5. The number of hydrogen-bond donors (Lipinski definition) is 1. The van der Waals surface area contributed by atoms with Crippen LogP contribution >= 0.6 is 11.8 Å². The van der Waals surface area contributed by atoms with Gasteiger partial charge in [-0.1, -0.05) is 42.1 Å². The number of sulfone groups is 1. The van der Waals surface area contributed by atoms with Crippen molar-refractivity contribution in [2.75, 3.05) is 24.4 Å². The Balaban J connectivity index is 1.57. The van der Waals surface area contributed by atoms with Gasteiger partial charge in [-0.15, -0.1) is 0 Å². The molecule has 8 heteroatoms. The number of rotatable bonds is 6. The van der Waals surface area contributed by atoms with E-state index in [0.29, 0.717) is 6.42 Å². The van der Waals surface area contributed by atoms with Crippen LogP contribution in [0.5, 0.6) is 5.75 Å². The molecule has 0 spiro atoms. The molecular formula is C22H22N2O4S2. The molecule has 3 aromatic rings. The zero-order valence-corrected chi connectivity index (χ0v) is 18.1. The van der Waals surface area contributed by atoms with Gasteiger partial charge in [0.15, 0.2) is 9.84 Å². The summed E-state index contributed by atoms with van der Waals surface area (Å²) in [7, 11) is -1.40. The second kappa shape index (κ2) is 8.65. The number of fused-ring (bicyclic) bond motifs is 1. The number of carbonyl (C=O) groups excluding carboxylic acids is 1. The summed E-state index contributed by atoms with van der Waals surface area (Å²) in [6.07, 6.45) is 0.477. The number of amides is 1. The highest BCUT2D eigenvalue weighted by Gasteiger charge is 2.28. The van der Waals surface area contributed by atoms with Gasteiger partial charge in [0.1, 0.15) is 5.75 Å². The zero-order chi connectivity index (χ0) is 21.1. The highest BCUT2D eigenvalue weighted by molar-refractivity contribution is 7.99. The average Bonchev–Trinajstić information content (AvgIpc) is 3.09. The highest BCUT2D eigenvalue weighted by atomic mass is 32.2. The summed E-state index contributed by atoms with van der Waals surface area (Å²) in [4.78, 5) is 17.0. The molecule has 0 aliphatic carbocycles. The molecule has 0 saturated carbocycles. The van der Waals surface area contributed by atoms with Crippen molar-refractivity contribution in [3.8, 4) is 16.9 Å². The highest BCUT2D eigenvalue weighted by Crippen LogP contribution is 2.33. The molecule has 1 aliphatic heterocycles. The molecular weight excluding hydrogens is 420 g/mol. The van der Waals surface area contributed by atoms with E-state index in [0.717, 1.165) is 32.8 Å². The average molecular weight is 443 g/mol. The van der Waals surface area contributed by atoms with Crippen molar-refractivity contribution >= 4 is 38.4 Å². The molecule has 6 nitrogen and oxygen atoms in total. The van der Waals surface area contributed by atoms with Crippen molar-refractivity contribution in [2.24, 2.45) is 0 Å². The van der Waals surface area contributed by atoms with E-state index in [-0.39, 0.29) is 29.2 Å². The molecule has 2 heterocycles. The molecule has 2 aromatic carbocycles. The normalized spacial score (nSPS) is 17.7. The first-order valence-corrected chi connectivity index (χ1v) is 12.4. The summed E-state index contributed by atoms with van der Waals surface area (Å²) >= 11 is 1.34. The van der Waals surface area contributed by atoms with E-state index < -0.39 is 9.84 Å². The van der Waals surface area contributed by atoms with Crippen LogP contribution < -0.4 is 10.1 Å². The Kier molecular flexibility index (Phi) is 5.97. The lowest BCUT2D eigenvalue weighted by Gasteiger charge is -2.12. The van der Waals surface area contributed by atoms with Crippen LogP contribution in [0, 0.1) is 0 Å². The van der Waals surface area contributed by atoms with Crippen molar-refractivity contribution in [3.63, 3.8) is 0 Å². The van der Waals surface area contributed by atoms with Gasteiger partial charge < -0.3 is 10.1 Å². The lowest BCUT2D eigenvalue weighted by Crippen LogP contribution is -2.36. The van der Waals surface area contributed by atoms with E-state index in [9.17, 15) is 13.2 Å². The lowest BCUT2D eigenvalue weighted by molar-refractivity contribution is -0.119. The number of benzene rings is 2. The second-order valence-electron chi connectivity index (χ2n) is 7.21. The second-order valence-corrected chi connectivity index (χ2v) is 10.4. The van der Waals surface area contributed by atoms with Crippen LogP contribution in [0.2, 0.25) is 0 Å². The number of hydrogen-bond acceptors (Lipinski definition) is 6. The minimum Gasteiger partial charge on any atom is -0.497 e. The number of ether oxygens (including phenoxy) is 1. The van der Waals surface area contributed by atoms with Crippen LogP contribution in [0.1, 0.15) is 6.42 Å². The molecule has 1 N–H and O–H groups in total. The van der Waals surface area contributed by atoms with Crippen LogP contribution in [0.4, 0.5) is 0 Å². The van der Waals surface area contributed by atoms with Crippen molar-refractivity contribution < 1.29 is 17.9 Å². The van der Waals surface area contributed by atoms with E-state index in [1.165, 1.54) is 11.8 Å². The third-order valence-corrected chi connectivity index (χ3v) is 7.71. The summed E-state index contributed by atoms with van der Waals surface area (Å²) in [5.41, 5.74) is 2.89. The number of nitrogens with zero attached hydrogens (tertiary/aromatic N) is 1. The summed E-state index contributed by atoms with van der Waals surface area (Å²) in [5.74, 6) is 0.870. The van der Waals surface area contributed by atoms with Crippen molar-refractivity contribution in [1.29, 1.82) is 0 Å². The van der Waals surface area contributed by atoms with Crippen LogP contribution in [-0.2, 0) is 14.6 Å². The molecule has 1 amide bonds. The first kappa shape index (κ1) is 20.7. The molecule has 0 bridgehead atoms. The summed E-state index contributed by atoms with van der Waals surface area (Å²) in [5, 5.41) is 4.55. The topological polar surface area (TPSA) is 85.4 Å². The van der Waals surface area contributed by atoms with Gasteiger partial charge in [-0.3, -0.25) is 4.79 Å². The van der Waals surface area contributed by atoms with Gasteiger partial charge in [0, 0.05) is 17.5 Å². The minimum absolute atomic E-state index is 0.0234. The van der Waals surface area contributed by atoms with E-state index in [1.807, 2.05) is 54.6 Å². The van der Waals surface area contributed by atoms with Gasteiger partial charge in [0.05, 0.1) is 34.9 Å². The monoisotopic (exact) mass is 442 g/mol. The Morgan fingerprint density at radius 1 is 1.20 bits per heavy atom. The fraction of sp³-hybridized carbons (Fsp3) is 0.273. The Hall–Kier alpha value is -2.58. The van der Waals surface area contributed by atoms with Crippen molar-refractivity contribution in [3.05, 3.63) is 54.6 Å². The number of aromatic nitrogens is 1. The van der Waals surface area contributed by atoms with Crippen LogP contribution in [0.3, 0.4) is 0 Å². The number of methoxy groups -OCH3 is 1. The van der Waals surface area contributed by atoms with Crippen LogP contribution in [-0.4, -0.2) is 49.7 Å².